The van der Waals surface area contributed by atoms with Crippen LogP contribution in [0.25, 0.3) is 0 Å². The molecule has 2 saturated heterocycles. The second-order valence-corrected chi connectivity index (χ2v) is 18.4. The molecule has 1 aliphatic carbocycles. The lowest BCUT2D eigenvalue weighted by atomic mass is 9.62. The van der Waals surface area contributed by atoms with Gasteiger partial charge in [-0.25, -0.2) is 0 Å². The molecule has 0 bridgehead atoms. The quantitative estimate of drug-likeness (QED) is 0.164. The van der Waals surface area contributed by atoms with Crippen LogP contribution in [0.3, 0.4) is 0 Å². The summed E-state index contributed by atoms with van der Waals surface area (Å²) in [6, 6.07) is 0.263. The lowest BCUT2D eigenvalue weighted by Crippen LogP contribution is -2.48. The van der Waals surface area contributed by atoms with Crippen molar-refractivity contribution in [2.45, 2.75) is 178 Å². The fourth-order valence-corrected chi connectivity index (χ4v) is 10.2. The first-order valence-corrected chi connectivity index (χ1v) is 23.3. The Morgan fingerprint density at radius 2 is 1.35 bits per heavy atom. The first kappa shape index (κ1) is 62.9. The van der Waals surface area contributed by atoms with Crippen molar-refractivity contribution < 1.29 is 44.5 Å². The van der Waals surface area contributed by atoms with Crippen LogP contribution in [0.4, 0.5) is 0 Å². The minimum Gasteiger partial charge on any atom is -0.495 e. The van der Waals surface area contributed by atoms with Crippen molar-refractivity contribution in [1.82, 2.24) is 4.90 Å². The molecule has 0 aromatic rings. The van der Waals surface area contributed by atoms with Crippen LogP contribution in [0.15, 0.2) is 25.0 Å². The molecule has 3 rings (SSSR count). The maximum atomic E-state index is 13.6. The van der Waals surface area contributed by atoms with Crippen LogP contribution in [-0.2, 0) is 19.0 Å². The Hall–Kier alpha value is -1.37. The molecule has 0 aromatic carbocycles. The highest BCUT2D eigenvalue weighted by atomic mass is 16.5. The molecule has 0 radical (unpaired) electrons. The molecule has 0 spiro atoms. The van der Waals surface area contributed by atoms with Crippen LogP contribution in [-0.4, -0.2) is 121 Å². The van der Waals surface area contributed by atoms with Gasteiger partial charge >= 0.3 is 0 Å². The number of rotatable bonds is 6. The van der Waals surface area contributed by atoms with Crippen molar-refractivity contribution in [3.05, 3.63) is 25.0 Å². The van der Waals surface area contributed by atoms with E-state index < -0.39 is 11.7 Å². The molecular formula is C50H101NO9. The molecule has 0 aromatic heterocycles. The molecule has 3 fully saturated rings. The van der Waals surface area contributed by atoms with Crippen molar-refractivity contribution in [3.63, 3.8) is 0 Å². The summed E-state index contributed by atoms with van der Waals surface area (Å²) in [4.78, 5) is 15.6. The van der Waals surface area contributed by atoms with Crippen molar-refractivity contribution in [3.8, 4) is 0 Å². The van der Waals surface area contributed by atoms with Crippen LogP contribution in [0.5, 0.6) is 0 Å². The summed E-state index contributed by atoms with van der Waals surface area (Å²) in [7, 11) is 7.74. The zero-order chi connectivity index (χ0) is 47.7. The highest BCUT2D eigenvalue weighted by Crippen LogP contribution is 2.48. The van der Waals surface area contributed by atoms with E-state index in [1.807, 2.05) is 34.9 Å². The third-order valence-electron chi connectivity index (χ3n) is 14.2. The average molecular weight is 860 g/mol. The number of ether oxygens (including phenoxy) is 3. The van der Waals surface area contributed by atoms with Gasteiger partial charge in [0, 0.05) is 45.1 Å². The van der Waals surface area contributed by atoms with Gasteiger partial charge in [0.1, 0.15) is 11.9 Å². The number of carbonyl (C=O) groups excluding carboxylic acids is 1. The number of carbonyl (C=O) groups is 1. The molecule has 15 atom stereocenters. The van der Waals surface area contributed by atoms with Gasteiger partial charge in [-0.2, -0.15) is 0 Å². The van der Waals surface area contributed by atoms with E-state index in [2.05, 4.69) is 94.2 Å². The number of hydrogen-bond acceptors (Lipinski definition) is 10. The Bertz CT molecular complexity index is 1090. The number of ketones is 1. The normalized spacial score (nSPS) is 39.0. The molecule has 60 heavy (non-hydrogen) atoms. The molecular weight excluding hydrogens is 759 g/mol. The summed E-state index contributed by atoms with van der Waals surface area (Å²) in [6.07, 6.45) is 7.64. The molecule has 15 unspecified atom stereocenters. The predicted molar refractivity (Wildman–Crippen MR) is 252 cm³/mol. The predicted octanol–water partition coefficient (Wildman–Crippen LogP) is 9.06. The molecule has 2 heterocycles. The second kappa shape index (κ2) is 33.2. The van der Waals surface area contributed by atoms with Crippen LogP contribution < -0.4 is 0 Å². The van der Waals surface area contributed by atoms with Gasteiger partial charge in [0.2, 0.25) is 0 Å². The summed E-state index contributed by atoms with van der Waals surface area (Å²) in [6.45, 7) is 38.8. The Labute approximate surface area is 370 Å². The van der Waals surface area contributed by atoms with E-state index in [0.717, 1.165) is 58.0 Å². The minimum absolute atomic E-state index is 0.0165. The SMILES string of the molecule is C=C1OC(CC)C(C)CC(C)C(C)C(=O)C(C)CC(C)(OC)C(C)C(C)C(O)C1C1CC(C)C(CC)C(C)C1.C=CCO.CC.CC1CC(N(C)C)C(O)CO1.CO.CO. The van der Waals surface area contributed by atoms with Crippen molar-refractivity contribution in [1.29, 1.82) is 0 Å². The highest BCUT2D eigenvalue weighted by Gasteiger charge is 2.46. The Kier molecular flexibility index (Phi) is 34.8. The lowest BCUT2D eigenvalue weighted by Gasteiger charge is -2.47. The standard InChI is InChI=1S/C35H64O4.C8H17NO2.C3H6O.C2H6.2CH4O/c1-14-30-21(4)17-29(18-22(30)5)32-28(11)39-31(15-2)23(6)16-20(3)25(8)33(36)24(7)19-35(12,38-13)27(10)26(9)34(32)37;1-6-4-7(9(2)3)8(10)5-11-6;1-2-3-4;3*1-2/h20-27,29-32,34,37H,11,14-19H2,1-10,12-13H3;6-8,10H,4-5H2,1-3H3;2,4H,1,3H2;1-2H3;2*2H,1H3. The third kappa shape index (κ3) is 19.6. The minimum atomic E-state index is -0.591. The van der Waals surface area contributed by atoms with Gasteiger partial charge in [0.05, 0.1) is 42.9 Å². The topological polar surface area (TPSA) is 149 Å². The number of Topliss-reactive ketones (excluding diaryl/α,β-unsaturated/α-hetero) is 1. The largest absolute Gasteiger partial charge is 0.495 e. The monoisotopic (exact) mass is 860 g/mol. The van der Waals surface area contributed by atoms with Gasteiger partial charge < -0.3 is 44.6 Å². The first-order valence-electron chi connectivity index (χ1n) is 23.3. The van der Waals surface area contributed by atoms with Crippen molar-refractivity contribution >= 4 is 5.78 Å². The number of hydrogen-bond donors (Lipinski definition) is 5. The highest BCUT2D eigenvalue weighted by molar-refractivity contribution is 5.83. The van der Waals surface area contributed by atoms with E-state index in [1.165, 1.54) is 12.5 Å². The fraction of sp³-hybridized carbons (Fsp3) is 0.900. The Balaban J connectivity index is -0.00000127. The number of aliphatic hydroxyl groups excluding tert-OH is 5. The second-order valence-electron chi connectivity index (χ2n) is 18.4. The smallest absolute Gasteiger partial charge is 0.138 e. The van der Waals surface area contributed by atoms with E-state index in [1.54, 1.807) is 7.11 Å². The zero-order valence-electron chi connectivity index (χ0n) is 42.4. The van der Waals surface area contributed by atoms with Gasteiger partial charge in [0.15, 0.2) is 0 Å². The van der Waals surface area contributed by atoms with Crippen LogP contribution in [0.1, 0.15) is 142 Å². The maximum absolute atomic E-state index is 13.6. The molecule has 1 saturated carbocycles. The fourth-order valence-electron chi connectivity index (χ4n) is 10.2. The molecule has 2 aliphatic heterocycles. The van der Waals surface area contributed by atoms with E-state index in [-0.39, 0.29) is 66.5 Å². The van der Waals surface area contributed by atoms with Gasteiger partial charge in [-0.05, 0) is 114 Å². The van der Waals surface area contributed by atoms with Gasteiger partial charge in [-0.1, -0.05) is 102 Å². The summed E-state index contributed by atoms with van der Waals surface area (Å²) >= 11 is 0. The summed E-state index contributed by atoms with van der Waals surface area (Å²) in [5.41, 5.74) is -0.523. The van der Waals surface area contributed by atoms with E-state index in [0.29, 0.717) is 42.5 Å². The molecule has 10 nitrogen and oxygen atoms in total. The number of aliphatic hydroxyl groups is 5. The third-order valence-corrected chi connectivity index (χ3v) is 14.2. The molecule has 360 valence electrons. The van der Waals surface area contributed by atoms with Crippen LogP contribution in [0.2, 0.25) is 0 Å². The maximum Gasteiger partial charge on any atom is 0.138 e. The molecule has 0 amide bonds. The number of likely N-dealkylation sites (N-methyl/N-ethyl adjacent to an activating group) is 1. The molecule has 5 N–H and O–H groups in total. The zero-order valence-corrected chi connectivity index (χ0v) is 42.4. The average Bonchev–Trinajstić information content (AvgIpc) is 3.24. The van der Waals surface area contributed by atoms with Crippen LogP contribution in [0, 0.1) is 65.1 Å². The number of nitrogens with zero attached hydrogens (tertiary/aromatic N) is 1. The molecule has 3 aliphatic rings. The summed E-state index contributed by atoms with van der Waals surface area (Å²) < 4.78 is 18.2. The first-order chi connectivity index (χ1) is 28.1. The summed E-state index contributed by atoms with van der Waals surface area (Å²) in [5, 5.41) is 43.4. The van der Waals surface area contributed by atoms with E-state index in [9.17, 15) is 15.0 Å². The van der Waals surface area contributed by atoms with Gasteiger partial charge in [0.25, 0.3) is 0 Å². The van der Waals surface area contributed by atoms with E-state index >= 15 is 0 Å². The van der Waals surface area contributed by atoms with Crippen LogP contribution >= 0.6 is 0 Å². The van der Waals surface area contributed by atoms with E-state index in [4.69, 9.17) is 29.5 Å². The number of methoxy groups -OCH3 is 1. The molecule has 10 heteroatoms. The van der Waals surface area contributed by atoms with Crippen molar-refractivity contribution in [2.75, 3.05) is 48.6 Å². The van der Waals surface area contributed by atoms with Gasteiger partial charge in [-0.15, -0.1) is 6.58 Å². The van der Waals surface area contributed by atoms with Crippen molar-refractivity contribution in [2.24, 2.45) is 65.1 Å². The lowest BCUT2D eigenvalue weighted by molar-refractivity contribution is -0.134. The summed E-state index contributed by atoms with van der Waals surface area (Å²) in [5.74, 6) is 3.71. The Morgan fingerprint density at radius 1 is 0.850 bits per heavy atom. The Morgan fingerprint density at radius 3 is 1.75 bits per heavy atom. The van der Waals surface area contributed by atoms with Gasteiger partial charge in [-0.3, -0.25) is 4.79 Å².